The Morgan fingerprint density at radius 1 is 0.432 bits per heavy atom. The molecule has 81 heavy (non-hydrogen) atoms. The summed E-state index contributed by atoms with van der Waals surface area (Å²) in [5.74, 6) is -3.41. The Morgan fingerprint density at radius 2 is 0.827 bits per heavy atom. The van der Waals surface area contributed by atoms with E-state index in [1.807, 2.05) is 30.4 Å². The van der Waals surface area contributed by atoms with Gasteiger partial charge in [0.2, 0.25) is 0 Å². The molecule has 0 radical (unpaired) electrons. The fourth-order valence-corrected chi connectivity index (χ4v) is 8.01. The summed E-state index contributed by atoms with van der Waals surface area (Å²) in [5.41, 5.74) is 0. The van der Waals surface area contributed by atoms with Crippen molar-refractivity contribution in [2.45, 2.75) is 237 Å². The van der Waals surface area contributed by atoms with Gasteiger partial charge in [-0.25, -0.2) is 4.79 Å². The highest BCUT2D eigenvalue weighted by molar-refractivity contribution is 5.74. The van der Waals surface area contributed by atoms with Gasteiger partial charge in [0.15, 0.2) is 24.6 Å². The molecule has 1 fully saturated rings. The SMILES string of the molecule is CC/C=C\C/C=C\C/C=C\C/C=C\C/C=C\CCCC(=O)OC1C(OCC(COC(=O)CCCCCCCC/C=C\C/C=C\C/C=C\CCCCC)OC(=O)C/C=C\C/C=C\C/C=C\C/C=C\C/C=C\CC)OC(C(=O)O)C(O)C1O. The van der Waals surface area contributed by atoms with Gasteiger partial charge < -0.3 is 39.0 Å². The number of hydrogen-bond acceptors (Lipinski definition) is 11. The number of carbonyl (C=O) groups is 4. The minimum atomic E-state index is -1.95. The van der Waals surface area contributed by atoms with E-state index in [-0.39, 0.29) is 25.9 Å². The molecule has 1 saturated heterocycles. The number of unbranched alkanes of at least 4 members (excludes halogenated alkanes) is 10. The van der Waals surface area contributed by atoms with Gasteiger partial charge in [0.1, 0.15) is 18.8 Å². The number of aliphatic hydroxyl groups is 2. The van der Waals surface area contributed by atoms with Crippen LogP contribution in [0.15, 0.2) is 158 Å². The Morgan fingerprint density at radius 3 is 1.28 bits per heavy atom. The van der Waals surface area contributed by atoms with Gasteiger partial charge in [0, 0.05) is 12.8 Å². The first-order chi connectivity index (χ1) is 39.6. The van der Waals surface area contributed by atoms with Crippen LogP contribution in [0.25, 0.3) is 0 Å². The van der Waals surface area contributed by atoms with Crippen molar-refractivity contribution in [3.05, 3.63) is 158 Å². The zero-order valence-corrected chi connectivity index (χ0v) is 49.7. The van der Waals surface area contributed by atoms with Crippen molar-refractivity contribution < 1.29 is 58.2 Å². The lowest BCUT2D eigenvalue weighted by atomic mass is 9.98. The average Bonchev–Trinajstić information content (AvgIpc) is 3.53. The first kappa shape index (κ1) is 73.4. The van der Waals surface area contributed by atoms with Crippen molar-refractivity contribution in [3.63, 3.8) is 0 Å². The van der Waals surface area contributed by atoms with E-state index in [1.165, 1.54) is 25.7 Å². The molecule has 0 aliphatic carbocycles. The molecule has 0 spiro atoms. The summed E-state index contributed by atoms with van der Waals surface area (Å²) in [7, 11) is 0. The van der Waals surface area contributed by atoms with Crippen LogP contribution in [-0.4, -0.2) is 89.2 Å². The largest absolute Gasteiger partial charge is 0.479 e. The van der Waals surface area contributed by atoms with Crippen LogP contribution >= 0.6 is 0 Å². The van der Waals surface area contributed by atoms with Crippen LogP contribution in [0.2, 0.25) is 0 Å². The number of aliphatic carboxylic acids is 1. The second-order valence-electron chi connectivity index (χ2n) is 19.9. The Kier molecular flexibility index (Phi) is 49.7. The zero-order chi connectivity index (χ0) is 58.9. The van der Waals surface area contributed by atoms with Gasteiger partial charge in [-0.15, -0.1) is 0 Å². The quantitative estimate of drug-likeness (QED) is 0.0228. The molecule has 452 valence electrons. The third-order valence-electron chi connectivity index (χ3n) is 12.6. The maximum Gasteiger partial charge on any atom is 0.335 e. The number of carboxylic acid groups (broad SMARTS) is 1. The zero-order valence-electron chi connectivity index (χ0n) is 49.7. The highest BCUT2D eigenvalue weighted by atomic mass is 16.7. The summed E-state index contributed by atoms with van der Waals surface area (Å²) in [5, 5.41) is 31.5. The van der Waals surface area contributed by atoms with E-state index < -0.39 is 67.3 Å². The third-order valence-corrected chi connectivity index (χ3v) is 12.6. The summed E-state index contributed by atoms with van der Waals surface area (Å²) >= 11 is 0. The molecule has 6 unspecified atom stereocenters. The molecule has 3 N–H and O–H groups in total. The molecule has 12 heteroatoms. The van der Waals surface area contributed by atoms with Crippen LogP contribution in [0.3, 0.4) is 0 Å². The summed E-state index contributed by atoms with van der Waals surface area (Å²) in [6.45, 7) is 5.60. The lowest BCUT2D eigenvalue weighted by Crippen LogP contribution is -2.61. The molecule has 12 nitrogen and oxygen atoms in total. The van der Waals surface area contributed by atoms with Gasteiger partial charge in [0.25, 0.3) is 0 Å². The predicted molar refractivity (Wildman–Crippen MR) is 330 cm³/mol. The second-order valence-corrected chi connectivity index (χ2v) is 19.9. The molecular formula is C69H104O12. The minimum absolute atomic E-state index is 0.0392. The number of carbonyl (C=O) groups excluding carboxylic acids is 3. The van der Waals surface area contributed by atoms with Crippen molar-refractivity contribution in [1.29, 1.82) is 0 Å². The van der Waals surface area contributed by atoms with Crippen LogP contribution in [0.5, 0.6) is 0 Å². The number of aliphatic hydroxyl groups excluding tert-OH is 2. The number of esters is 3. The maximum atomic E-state index is 13.1. The first-order valence-electron chi connectivity index (χ1n) is 30.5. The van der Waals surface area contributed by atoms with Gasteiger partial charge in [-0.1, -0.05) is 217 Å². The summed E-state index contributed by atoms with van der Waals surface area (Å²) in [6.07, 6.45) is 68.1. The monoisotopic (exact) mass is 1120 g/mol. The number of carboxylic acids is 1. The number of hydrogen-bond donors (Lipinski definition) is 3. The second kappa shape index (κ2) is 54.9. The van der Waals surface area contributed by atoms with E-state index in [4.69, 9.17) is 23.7 Å². The molecule has 1 aliphatic rings. The van der Waals surface area contributed by atoms with Crippen molar-refractivity contribution in [3.8, 4) is 0 Å². The van der Waals surface area contributed by atoms with Gasteiger partial charge in [-0.3, -0.25) is 14.4 Å². The molecule has 0 saturated carbocycles. The molecule has 0 bridgehead atoms. The Labute approximate surface area is 488 Å². The van der Waals surface area contributed by atoms with Gasteiger partial charge >= 0.3 is 23.9 Å². The molecule has 0 aromatic heterocycles. The molecular weight excluding hydrogens is 1020 g/mol. The lowest BCUT2D eigenvalue weighted by molar-refractivity contribution is -0.301. The topological polar surface area (TPSA) is 175 Å². The fourth-order valence-electron chi connectivity index (χ4n) is 8.01. The number of rotatable bonds is 49. The summed E-state index contributed by atoms with van der Waals surface area (Å²) < 4.78 is 28.2. The molecule has 1 rings (SSSR count). The van der Waals surface area contributed by atoms with Crippen molar-refractivity contribution in [2.75, 3.05) is 13.2 Å². The van der Waals surface area contributed by atoms with Crippen LogP contribution in [0.1, 0.15) is 201 Å². The number of allylic oxidation sites excluding steroid dienone is 25. The van der Waals surface area contributed by atoms with Crippen LogP contribution in [0.4, 0.5) is 0 Å². The molecule has 0 amide bonds. The first-order valence-corrected chi connectivity index (χ1v) is 30.5. The lowest BCUT2D eigenvalue weighted by Gasteiger charge is -2.40. The fraction of sp³-hybridized carbons (Fsp3) is 0.565. The highest BCUT2D eigenvalue weighted by Gasteiger charge is 2.50. The Balaban J connectivity index is 2.78. The average molecular weight is 1130 g/mol. The van der Waals surface area contributed by atoms with Crippen molar-refractivity contribution in [1.82, 2.24) is 0 Å². The van der Waals surface area contributed by atoms with Gasteiger partial charge in [-0.2, -0.15) is 0 Å². The van der Waals surface area contributed by atoms with Gasteiger partial charge in [0.05, 0.1) is 13.0 Å². The summed E-state index contributed by atoms with van der Waals surface area (Å²) in [6, 6.07) is 0. The highest BCUT2D eigenvalue weighted by Crippen LogP contribution is 2.26. The Bertz CT molecular complexity index is 2010. The molecule has 1 aliphatic heterocycles. The molecule has 6 atom stereocenters. The van der Waals surface area contributed by atoms with E-state index in [1.54, 1.807) is 6.08 Å². The van der Waals surface area contributed by atoms with Crippen molar-refractivity contribution >= 4 is 23.9 Å². The molecule has 0 aromatic carbocycles. The molecule has 1 heterocycles. The normalized spacial score (nSPS) is 18.9. The van der Waals surface area contributed by atoms with E-state index in [0.717, 1.165) is 109 Å². The standard InChI is InChI=1S/C69H104O12/c1-4-7-10-13-16-19-22-25-28-30-31-33-35-37-40-43-46-49-52-55-61(70)77-58-60(79-62(71)56-53-50-47-44-41-38-34-27-24-21-18-15-12-9-6-3)59-78-69-67(65(74)64(73)66(81-69)68(75)76)80-63(72)57-54-51-48-45-42-39-36-32-29-26-23-20-17-14-11-8-5-2/h8-9,11-12,16-21,25-29,31,33-34,36,39,41,44-45,48,50,53,60,64-67,69,73-74H,4-7,10,13-15,22-24,30,32,35,37-38,40,42-43,46-47,49,51-52,54-59H2,1-3H3,(H,75,76)/b11-8-,12-9-,19-16-,20-17-,21-18-,28-25-,29-26-,33-31-,34-27-,39-36-,44-41-,48-45-,53-50-. The predicted octanol–water partition coefficient (Wildman–Crippen LogP) is 16.1. The van der Waals surface area contributed by atoms with Gasteiger partial charge in [-0.05, 0) is 122 Å². The maximum absolute atomic E-state index is 13.1. The van der Waals surface area contributed by atoms with E-state index in [9.17, 15) is 34.5 Å². The summed E-state index contributed by atoms with van der Waals surface area (Å²) in [4.78, 5) is 51.1. The van der Waals surface area contributed by atoms with E-state index >= 15 is 0 Å². The van der Waals surface area contributed by atoms with E-state index in [2.05, 4.69) is 142 Å². The minimum Gasteiger partial charge on any atom is -0.479 e. The van der Waals surface area contributed by atoms with Crippen LogP contribution in [0, 0.1) is 0 Å². The Hall–Kier alpha value is -5.66. The van der Waals surface area contributed by atoms with E-state index in [0.29, 0.717) is 25.7 Å². The van der Waals surface area contributed by atoms with Crippen molar-refractivity contribution in [2.24, 2.45) is 0 Å². The van der Waals surface area contributed by atoms with Crippen LogP contribution < -0.4 is 0 Å². The smallest absolute Gasteiger partial charge is 0.335 e. The van der Waals surface area contributed by atoms with Crippen LogP contribution in [-0.2, 0) is 42.9 Å². The molecule has 0 aromatic rings. The number of ether oxygens (including phenoxy) is 5. The third kappa shape index (κ3) is 44.7.